The summed E-state index contributed by atoms with van der Waals surface area (Å²) in [7, 11) is -3.20. The van der Waals surface area contributed by atoms with Crippen molar-refractivity contribution in [3.05, 3.63) is 48.0 Å². The lowest BCUT2D eigenvalue weighted by Gasteiger charge is -1.94. The normalized spacial score (nSPS) is 9.82. The van der Waals surface area contributed by atoms with E-state index in [0.717, 1.165) is 11.2 Å². The fraction of sp³-hybridized carbons (Fsp3) is 0.143. The molecule has 0 radical (unpaired) electrons. The molecule has 0 bridgehead atoms. The molecule has 0 aliphatic heterocycles. The van der Waals surface area contributed by atoms with Gasteiger partial charge in [0, 0.05) is 23.5 Å². The monoisotopic (exact) mass is 332 g/mol. The molecule has 8 heteroatoms. The molecule has 2 rings (SSSR count). The van der Waals surface area contributed by atoms with Gasteiger partial charge in [0.1, 0.15) is 23.5 Å². The summed E-state index contributed by atoms with van der Waals surface area (Å²) < 4.78 is 21.8. The Bertz CT molecular complexity index is 802. The summed E-state index contributed by atoms with van der Waals surface area (Å²) in [6, 6.07) is 10.1. The van der Waals surface area contributed by atoms with E-state index in [4.69, 9.17) is 10.5 Å². The Kier molecular flexibility index (Phi) is 6.51. The quantitative estimate of drug-likeness (QED) is 0.774. The van der Waals surface area contributed by atoms with Gasteiger partial charge in [-0.1, -0.05) is 0 Å². The van der Waals surface area contributed by atoms with E-state index in [0.29, 0.717) is 5.69 Å². The summed E-state index contributed by atoms with van der Waals surface area (Å²) in [5, 5.41) is 16.8. The van der Waals surface area contributed by atoms with E-state index < -0.39 is 9.84 Å². The summed E-state index contributed by atoms with van der Waals surface area (Å²) in [6.45, 7) is 0. The molecule has 0 atom stereocenters. The van der Waals surface area contributed by atoms with Crippen molar-refractivity contribution in [1.82, 2.24) is 9.97 Å². The molecule has 0 unspecified atom stereocenters. The first-order valence-corrected chi connectivity index (χ1v) is 8.98. The van der Waals surface area contributed by atoms with Gasteiger partial charge in [-0.25, -0.2) is 18.4 Å². The van der Waals surface area contributed by atoms with Crippen LogP contribution in [0, 0.1) is 22.7 Å². The minimum Gasteiger partial charge on any atom is -0.244 e. The molecule has 2 aromatic heterocycles. The Morgan fingerprint density at radius 3 is 1.86 bits per heavy atom. The second kappa shape index (κ2) is 8.13. The number of thioether (sulfide) groups is 1. The van der Waals surface area contributed by atoms with E-state index >= 15 is 0 Å². The Balaban J connectivity index is 0.000000224. The van der Waals surface area contributed by atoms with Crippen molar-refractivity contribution in [1.29, 1.82) is 10.5 Å². The lowest BCUT2D eigenvalue weighted by molar-refractivity contribution is 0.601. The minimum absolute atomic E-state index is 0.126. The second-order valence-electron chi connectivity index (χ2n) is 3.96. The zero-order valence-electron chi connectivity index (χ0n) is 11.9. The smallest absolute Gasteiger partial charge is 0.177 e. The molecule has 0 aliphatic rings. The number of sulfone groups is 1. The highest BCUT2D eigenvalue weighted by Gasteiger charge is 2.06. The minimum atomic E-state index is -3.20. The van der Waals surface area contributed by atoms with Crippen LogP contribution in [0.25, 0.3) is 0 Å². The molecule has 0 saturated heterocycles. The van der Waals surface area contributed by atoms with Crippen molar-refractivity contribution in [2.45, 2.75) is 9.79 Å². The number of hydrogen-bond acceptors (Lipinski definition) is 7. The first-order chi connectivity index (χ1) is 10.4. The van der Waals surface area contributed by atoms with Crippen molar-refractivity contribution in [2.24, 2.45) is 0 Å². The molecule has 0 saturated carbocycles. The molecular formula is C14H12N4O2S2. The highest BCUT2D eigenvalue weighted by atomic mass is 32.2. The van der Waals surface area contributed by atoms with Gasteiger partial charge < -0.3 is 0 Å². The fourth-order valence-electron chi connectivity index (χ4n) is 1.23. The first kappa shape index (κ1) is 17.6. The number of nitriles is 2. The van der Waals surface area contributed by atoms with Crippen molar-refractivity contribution >= 4 is 21.6 Å². The van der Waals surface area contributed by atoms with Gasteiger partial charge in [-0.15, -0.1) is 11.8 Å². The van der Waals surface area contributed by atoms with Gasteiger partial charge in [0.25, 0.3) is 0 Å². The highest BCUT2D eigenvalue weighted by molar-refractivity contribution is 7.98. The summed E-state index contributed by atoms with van der Waals surface area (Å²) in [5.41, 5.74) is 0.681. The maximum atomic E-state index is 10.9. The van der Waals surface area contributed by atoms with Crippen molar-refractivity contribution in [3.63, 3.8) is 0 Å². The van der Waals surface area contributed by atoms with Crippen LogP contribution in [0.2, 0.25) is 0 Å². The molecule has 112 valence electrons. The Morgan fingerprint density at radius 2 is 1.55 bits per heavy atom. The summed E-state index contributed by atoms with van der Waals surface area (Å²) in [4.78, 5) is 8.72. The van der Waals surface area contributed by atoms with Gasteiger partial charge in [0.15, 0.2) is 9.84 Å². The number of pyridine rings is 2. The second-order valence-corrected chi connectivity index (χ2v) is 6.85. The summed E-state index contributed by atoms with van der Waals surface area (Å²) in [6.07, 6.45) is 5.94. The third-order valence-electron chi connectivity index (χ3n) is 2.37. The fourth-order valence-corrected chi connectivity index (χ4v) is 2.15. The van der Waals surface area contributed by atoms with Gasteiger partial charge in [0.2, 0.25) is 0 Å². The molecule has 0 aromatic carbocycles. The highest BCUT2D eigenvalue weighted by Crippen LogP contribution is 2.11. The maximum Gasteiger partial charge on any atom is 0.177 e. The van der Waals surface area contributed by atoms with E-state index in [-0.39, 0.29) is 10.6 Å². The molecule has 0 N–H and O–H groups in total. The van der Waals surface area contributed by atoms with E-state index in [1.54, 1.807) is 30.1 Å². The van der Waals surface area contributed by atoms with Gasteiger partial charge in [-0.05, 0) is 30.5 Å². The number of nitrogens with zero attached hydrogens (tertiary/aromatic N) is 4. The Hall–Kier alpha value is -2.42. The van der Waals surface area contributed by atoms with E-state index in [1.807, 2.05) is 18.4 Å². The van der Waals surface area contributed by atoms with Crippen molar-refractivity contribution in [2.75, 3.05) is 12.5 Å². The van der Waals surface area contributed by atoms with Gasteiger partial charge >= 0.3 is 0 Å². The predicted molar refractivity (Wildman–Crippen MR) is 82.8 cm³/mol. The molecule has 0 amide bonds. The van der Waals surface area contributed by atoms with Crippen LogP contribution >= 0.6 is 11.8 Å². The lowest BCUT2D eigenvalue weighted by Crippen LogP contribution is -1.97. The van der Waals surface area contributed by atoms with E-state index in [1.165, 1.54) is 18.3 Å². The van der Waals surface area contributed by atoms with E-state index in [9.17, 15) is 8.42 Å². The molecule has 6 nitrogen and oxygen atoms in total. The first-order valence-electron chi connectivity index (χ1n) is 5.87. The Morgan fingerprint density at radius 1 is 1.00 bits per heavy atom. The average molecular weight is 332 g/mol. The van der Waals surface area contributed by atoms with Crippen LogP contribution in [0.1, 0.15) is 11.4 Å². The van der Waals surface area contributed by atoms with Crippen LogP contribution in [-0.2, 0) is 9.84 Å². The van der Waals surface area contributed by atoms with Crippen LogP contribution in [0.5, 0.6) is 0 Å². The molecule has 0 fully saturated rings. The Labute approximate surface area is 133 Å². The summed E-state index contributed by atoms with van der Waals surface area (Å²) >= 11 is 1.62. The van der Waals surface area contributed by atoms with Crippen LogP contribution in [-0.4, -0.2) is 30.9 Å². The van der Waals surface area contributed by atoms with Crippen LogP contribution in [0.15, 0.2) is 46.5 Å². The maximum absolute atomic E-state index is 10.9. The molecule has 22 heavy (non-hydrogen) atoms. The largest absolute Gasteiger partial charge is 0.244 e. The standard InChI is InChI=1S/C7H6N2O2S.C7H6N2S/c1-12(10,11)7-3-2-6(4-8)9-5-7;1-10-7-3-2-6(4-8)9-5-7/h2-3,5H,1H3;2-3,5H,1H3. The topological polar surface area (TPSA) is 107 Å². The van der Waals surface area contributed by atoms with E-state index in [2.05, 4.69) is 9.97 Å². The van der Waals surface area contributed by atoms with Crippen LogP contribution < -0.4 is 0 Å². The lowest BCUT2D eigenvalue weighted by atomic mass is 10.4. The number of aromatic nitrogens is 2. The average Bonchev–Trinajstić information content (AvgIpc) is 2.55. The third-order valence-corrected chi connectivity index (χ3v) is 4.18. The molecule has 0 aliphatic carbocycles. The van der Waals surface area contributed by atoms with Gasteiger partial charge in [0.05, 0.1) is 4.90 Å². The molecule has 2 aromatic rings. The van der Waals surface area contributed by atoms with Crippen molar-refractivity contribution in [3.8, 4) is 12.1 Å². The molecule has 0 spiro atoms. The SMILES string of the molecule is CS(=O)(=O)c1ccc(C#N)nc1.CSc1ccc(C#N)nc1. The zero-order valence-corrected chi connectivity index (χ0v) is 13.5. The molecule has 2 heterocycles. The number of hydrogen-bond donors (Lipinski definition) is 0. The number of rotatable bonds is 2. The third kappa shape index (κ3) is 5.52. The van der Waals surface area contributed by atoms with Gasteiger partial charge in [-0.2, -0.15) is 10.5 Å². The zero-order chi connectivity index (χ0) is 16.6. The van der Waals surface area contributed by atoms with Crippen LogP contribution in [0.4, 0.5) is 0 Å². The molecular weight excluding hydrogens is 320 g/mol. The predicted octanol–water partition coefficient (Wildman–Crippen LogP) is 2.03. The summed E-state index contributed by atoms with van der Waals surface area (Å²) in [5.74, 6) is 0. The van der Waals surface area contributed by atoms with Crippen LogP contribution in [0.3, 0.4) is 0 Å². The van der Waals surface area contributed by atoms with Gasteiger partial charge in [-0.3, -0.25) is 0 Å². The van der Waals surface area contributed by atoms with Crippen molar-refractivity contribution < 1.29 is 8.42 Å².